The molecule has 21 heavy (non-hydrogen) atoms. The van der Waals surface area contributed by atoms with Crippen molar-refractivity contribution in [2.45, 2.75) is 20.8 Å². The monoisotopic (exact) mass is 322 g/mol. The highest BCUT2D eigenvalue weighted by molar-refractivity contribution is 6.34. The van der Waals surface area contributed by atoms with Gasteiger partial charge in [-0.15, -0.1) is 0 Å². The summed E-state index contributed by atoms with van der Waals surface area (Å²) in [5.41, 5.74) is 3.79. The average molecular weight is 323 g/mol. The molecule has 0 radical (unpaired) electrons. The molecule has 0 amide bonds. The van der Waals surface area contributed by atoms with E-state index in [0.717, 1.165) is 16.7 Å². The van der Waals surface area contributed by atoms with Gasteiger partial charge in [0.15, 0.2) is 6.61 Å². The molecular formula is C17H16Cl2O2. The lowest BCUT2D eigenvalue weighted by atomic mass is 9.97. The number of carbonyl (C=O) groups excluding carboxylic acids is 1. The minimum absolute atomic E-state index is 0.0403. The lowest BCUT2D eigenvalue weighted by Crippen LogP contribution is -2.14. The van der Waals surface area contributed by atoms with Crippen molar-refractivity contribution in [3.63, 3.8) is 0 Å². The quantitative estimate of drug-likeness (QED) is 0.725. The van der Waals surface area contributed by atoms with Crippen molar-refractivity contribution in [2.75, 3.05) is 6.61 Å². The molecule has 2 nitrogen and oxygen atoms in total. The molecule has 2 rings (SSSR count). The number of aryl methyl sites for hydroxylation is 3. The van der Waals surface area contributed by atoms with E-state index >= 15 is 0 Å². The molecule has 2 aromatic rings. The van der Waals surface area contributed by atoms with E-state index in [4.69, 9.17) is 27.9 Å². The van der Waals surface area contributed by atoms with Crippen LogP contribution in [0.3, 0.4) is 0 Å². The van der Waals surface area contributed by atoms with Gasteiger partial charge < -0.3 is 4.74 Å². The summed E-state index contributed by atoms with van der Waals surface area (Å²) in [7, 11) is 0. The van der Waals surface area contributed by atoms with Crippen LogP contribution in [-0.4, -0.2) is 12.4 Å². The number of benzene rings is 2. The summed E-state index contributed by atoms with van der Waals surface area (Å²) < 4.78 is 5.51. The maximum atomic E-state index is 12.3. The standard InChI is InChI=1S/C17H16Cl2O2/c1-10-4-11(2)17(12(3)5-10)16(20)9-21-15-7-13(18)6-14(19)8-15/h4-8H,9H2,1-3H3. The highest BCUT2D eigenvalue weighted by Crippen LogP contribution is 2.24. The normalized spacial score (nSPS) is 10.5. The molecule has 2 aromatic carbocycles. The minimum atomic E-state index is -0.0545. The van der Waals surface area contributed by atoms with Gasteiger partial charge in [0.25, 0.3) is 0 Å². The van der Waals surface area contributed by atoms with E-state index in [-0.39, 0.29) is 12.4 Å². The van der Waals surface area contributed by atoms with Crippen molar-refractivity contribution in [3.8, 4) is 5.75 Å². The van der Waals surface area contributed by atoms with E-state index in [9.17, 15) is 4.79 Å². The lowest BCUT2D eigenvalue weighted by molar-refractivity contribution is 0.0920. The van der Waals surface area contributed by atoms with Gasteiger partial charge in [-0.3, -0.25) is 4.79 Å². The molecule has 0 aliphatic rings. The van der Waals surface area contributed by atoms with Gasteiger partial charge in [-0.25, -0.2) is 0 Å². The number of carbonyl (C=O) groups is 1. The average Bonchev–Trinajstić information content (AvgIpc) is 2.34. The predicted molar refractivity (Wildman–Crippen MR) is 86.9 cm³/mol. The highest BCUT2D eigenvalue weighted by Gasteiger charge is 2.13. The zero-order chi connectivity index (χ0) is 15.6. The molecule has 0 fully saturated rings. The summed E-state index contributed by atoms with van der Waals surface area (Å²) >= 11 is 11.8. The molecule has 0 aromatic heterocycles. The van der Waals surface area contributed by atoms with Gasteiger partial charge in [0, 0.05) is 15.6 Å². The first-order chi connectivity index (χ1) is 9.86. The zero-order valence-electron chi connectivity index (χ0n) is 12.2. The van der Waals surface area contributed by atoms with Crippen molar-refractivity contribution in [1.29, 1.82) is 0 Å². The number of Topliss-reactive ketones (excluding diaryl/α,β-unsaturated/α-hetero) is 1. The largest absolute Gasteiger partial charge is 0.485 e. The minimum Gasteiger partial charge on any atom is -0.485 e. The number of halogens is 2. The summed E-state index contributed by atoms with van der Waals surface area (Å²) in [6.45, 7) is 5.84. The second-order valence-corrected chi connectivity index (χ2v) is 5.96. The van der Waals surface area contributed by atoms with Gasteiger partial charge in [-0.1, -0.05) is 40.9 Å². The van der Waals surface area contributed by atoms with Gasteiger partial charge in [0.05, 0.1) is 0 Å². The van der Waals surface area contributed by atoms with Crippen molar-refractivity contribution in [2.24, 2.45) is 0 Å². The molecule has 0 spiro atoms. The third-order valence-electron chi connectivity index (χ3n) is 3.16. The van der Waals surface area contributed by atoms with E-state index < -0.39 is 0 Å². The van der Waals surface area contributed by atoms with Gasteiger partial charge >= 0.3 is 0 Å². The van der Waals surface area contributed by atoms with Crippen LogP contribution in [0.2, 0.25) is 10.0 Å². The maximum Gasteiger partial charge on any atom is 0.200 e. The SMILES string of the molecule is Cc1cc(C)c(C(=O)COc2cc(Cl)cc(Cl)c2)c(C)c1. The van der Waals surface area contributed by atoms with Crippen molar-refractivity contribution >= 4 is 29.0 Å². The van der Waals surface area contributed by atoms with Crippen molar-refractivity contribution < 1.29 is 9.53 Å². The number of ketones is 1. The van der Waals surface area contributed by atoms with E-state index in [1.54, 1.807) is 18.2 Å². The van der Waals surface area contributed by atoms with Crippen molar-refractivity contribution in [3.05, 3.63) is 62.6 Å². The van der Waals surface area contributed by atoms with Crippen LogP contribution in [-0.2, 0) is 0 Å². The lowest BCUT2D eigenvalue weighted by Gasteiger charge is -2.11. The van der Waals surface area contributed by atoms with E-state index in [2.05, 4.69) is 0 Å². The Balaban J connectivity index is 2.15. The molecule has 0 heterocycles. The van der Waals surface area contributed by atoms with Gasteiger partial charge in [0.1, 0.15) is 5.75 Å². The van der Waals surface area contributed by atoms with Crippen LogP contribution in [0.25, 0.3) is 0 Å². The van der Waals surface area contributed by atoms with Crippen LogP contribution in [0.4, 0.5) is 0 Å². The fraction of sp³-hybridized carbons (Fsp3) is 0.235. The molecule has 0 saturated heterocycles. The van der Waals surface area contributed by atoms with Gasteiger partial charge in [0.2, 0.25) is 5.78 Å². The van der Waals surface area contributed by atoms with E-state index in [1.807, 2.05) is 32.9 Å². The molecule has 0 aliphatic carbocycles. The Morgan fingerprint density at radius 1 is 0.952 bits per heavy atom. The first kappa shape index (κ1) is 15.9. The summed E-state index contributed by atoms with van der Waals surface area (Å²) in [5.74, 6) is 0.435. The molecule has 0 bridgehead atoms. The first-order valence-electron chi connectivity index (χ1n) is 6.57. The smallest absolute Gasteiger partial charge is 0.200 e. The number of rotatable bonds is 4. The Bertz CT molecular complexity index is 650. The van der Waals surface area contributed by atoms with Crippen LogP contribution in [0.1, 0.15) is 27.0 Å². The molecule has 4 heteroatoms. The maximum absolute atomic E-state index is 12.3. The summed E-state index contributed by atoms with van der Waals surface area (Å²) in [6.07, 6.45) is 0. The van der Waals surface area contributed by atoms with E-state index in [0.29, 0.717) is 21.4 Å². The zero-order valence-corrected chi connectivity index (χ0v) is 13.7. The Kier molecular flexibility index (Phi) is 4.92. The topological polar surface area (TPSA) is 26.3 Å². The van der Waals surface area contributed by atoms with Crippen LogP contribution in [0, 0.1) is 20.8 Å². The first-order valence-corrected chi connectivity index (χ1v) is 7.32. The Morgan fingerprint density at radius 3 is 2.00 bits per heavy atom. The predicted octanol–water partition coefficient (Wildman–Crippen LogP) is 5.18. The molecule has 0 saturated carbocycles. The fourth-order valence-electron chi connectivity index (χ4n) is 2.45. The molecular weight excluding hydrogens is 307 g/mol. The van der Waals surface area contributed by atoms with Crippen LogP contribution in [0.5, 0.6) is 5.75 Å². The van der Waals surface area contributed by atoms with E-state index in [1.165, 1.54) is 0 Å². The van der Waals surface area contributed by atoms with Crippen LogP contribution < -0.4 is 4.74 Å². The van der Waals surface area contributed by atoms with Crippen LogP contribution in [0.15, 0.2) is 30.3 Å². The molecule has 110 valence electrons. The Labute approximate surface area is 134 Å². The summed E-state index contributed by atoms with van der Waals surface area (Å²) in [6, 6.07) is 8.88. The highest BCUT2D eigenvalue weighted by atomic mass is 35.5. The number of ether oxygens (including phenoxy) is 1. The third-order valence-corrected chi connectivity index (χ3v) is 3.60. The van der Waals surface area contributed by atoms with Gasteiger partial charge in [-0.05, 0) is 50.1 Å². The van der Waals surface area contributed by atoms with Gasteiger partial charge in [-0.2, -0.15) is 0 Å². The Morgan fingerprint density at radius 2 is 1.48 bits per heavy atom. The number of hydrogen-bond acceptors (Lipinski definition) is 2. The molecule has 0 N–H and O–H groups in total. The fourth-order valence-corrected chi connectivity index (χ4v) is 2.96. The molecule has 0 aliphatic heterocycles. The number of hydrogen-bond donors (Lipinski definition) is 0. The molecule has 0 unspecified atom stereocenters. The summed E-state index contributed by atoms with van der Waals surface area (Å²) in [4.78, 5) is 12.3. The van der Waals surface area contributed by atoms with Crippen LogP contribution >= 0.6 is 23.2 Å². The third kappa shape index (κ3) is 3.99. The second-order valence-electron chi connectivity index (χ2n) is 5.09. The molecule has 0 atom stereocenters. The van der Waals surface area contributed by atoms with Crippen molar-refractivity contribution in [1.82, 2.24) is 0 Å². The Hall–Kier alpha value is -1.51. The summed E-state index contributed by atoms with van der Waals surface area (Å²) in [5, 5.41) is 0.959. The second kappa shape index (κ2) is 6.50.